The van der Waals surface area contributed by atoms with Crippen LogP contribution in [0.25, 0.3) is 0 Å². The van der Waals surface area contributed by atoms with Gasteiger partial charge in [0.2, 0.25) is 0 Å². The summed E-state index contributed by atoms with van der Waals surface area (Å²) in [6, 6.07) is 18.1. The van der Waals surface area contributed by atoms with Crippen LogP contribution in [0.2, 0.25) is 0 Å². The molecule has 0 aliphatic carbocycles. The maximum absolute atomic E-state index is 13.0. The highest BCUT2D eigenvalue weighted by atomic mass is 16.7. The van der Waals surface area contributed by atoms with Gasteiger partial charge in [-0.2, -0.15) is 5.06 Å². The fourth-order valence-electron chi connectivity index (χ4n) is 3.83. The van der Waals surface area contributed by atoms with E-state index in [9.17, 15) is 9.59 Å². The van der Waals surface area contributed by atoms with Gasteiger partial charge in [-0.25, -0.2) is 0 Å². The topological polar surface area (TPSA) is 65.1 Å². The van der Waals surface area contributed by atoms with Crippen molar-refractivity contribution in [3.63, 3.8) is 0 Å². The Balaban J connectivity index is 2.15. The molecule has 1 aliphatic heterocycles. The van der Waals surface area contributed by atoms with Crippen molar-refractivity contribution < 1.29 is 23.9 Å². The number of esters is 2. The third-order valence-electron chi connectivity index (χ3n) is 5.02. The van der Waals surface area contributed by atoms with Crippen molar-refractivity contribution in [3.05, 3.63) is 71.8 Å². The standard InChI is InChI=1S/C21H23NO5/c1-22-18(16-12-8-5-9-13-16)21(19(23)25-2,20(24)26-3)14-17(27-22)15-10-6-4-7-11-15/h4-13,17-18H,14H2,1-3H3/t17?,18-/m1/s1. The molecule has 1 saturated heterocycles. The lowest BCUT2D eigenvalue weighted by atomic mass is 9.70. The monoisotopic (exact) mass is 369 g/mol. The summed E-state index contributed by atoms with van der Waals surface area (Å²) >= 11 is 0. The molecule has 1 heterocycles. The number of carbonyl (C=O) groups excluding carboxylic acids is 2. The molecule has 0 bridgehead atoms. The fraction of sp³-hybridized carbons (Fsp3) is 0.333. The molecule has 0 N–H and O–H groups in total. The molecule has 0 aromatic heterocycles. The van der Waals surface area contributed by atoms with Crippen LogP contribution in [-0.2, 0) is 23.9 Å². The minimum Gasteiger partial charge on any atom is -0.468 e. The van der Waals surface area contributed by atoms with E-state index in [1.807, 2.05) is 60.7 Å². The van der Waals surface area contributed by atoms with Gasteiger partial charge in [0.05, 0.1) is 20.3 Å². The highest BCUT2D eigenvalue weighted by molar-refractivity contribution is 6.01. The number of nitrogens with zero attached hydrogens (tertiary/aromatic N) is 1. The van der Waals surface area contributed by atoms with Crippen molar-refractivity contribution in [2.45, 2.75) is 18.6 Å². The van der Waals surface area contributed by atoms with E-state index in [0.717, 1.165) is 11.1 Å². The molecule has 1 aliphatic rings. The van der Waals surface area contributed by atoms with E-state index in [1.165, 1.54) is 14.2 Å². The third kappa shape index (κ3) is 3.34. The molecule has 6 heteroatoms. The summed E-state index contributed by atoms with van der Waals surface area (Å²) in [4.78, 5) is 32.1. The Bertz CT molecular complexity index is 777. The van der Waals surface area contributed by atoms with Crippen LogP contribution in [0.4, 0.5) is 0 Å². The van der Waals surface area contributed by atoms with Gasteiger partial charge in [-0.1, -0.05) is 60.7 Å². The van der Waals surface area contributed by atoms with Gasteiger partial charge in [0, 0.05) is 13.5 Å². The molecule has 3 rings (SSSR count). The molecule has 1 unspecified atom stereocenters. The summed E-state index contributed by atoms with van der Waals surface area (Å²) < 4.78 is 10.2. The molecular weight excluding hydrogens is 346 g/mol. The average Bonchev–Trinajstić information content (AvgIpc) is 2.73. The molecule has 6 nitrogen and oxygen atoms in total. The van der Waals surface area contributed by atoms with E-state index in [4.69, 9.17) is 14.3 Å². The normalized spacial score (nSPS) is 22.0. The minimum atomic E-state index is -1.56. The molecule has 142 valence electrons. The summed E-state index contributed by atoms with van der Waals surface area (Å²) in [6.45, 7) is 0. The Labute approximate surface area is 158 Å². The number of carbonyl (C=O) groups is 2. The Kier molecular flexibility index (Phi) is 5.58. The predicted molar refractivity (Wildman–Crippen MR) is 98.3 cm³/mol. The largest absolute Gasteiger partial charge is 0.468 e. The second kappa shape index (κ2) is 7.90. The SMILES string of the molecule is COC(=O)C1(C(=O)OC)CC(c2ccccc2)ON(C)[C@@H]1c1ccccc1. The smallest absolute Gasteiger partial charge is 0.325 e. The van der Waals surface area contributed by atoms with Crippen molar-refractivity contribution in [1.29, 1.82) is 0 Å². The van der Waals surface area contributed by atoms with Gasteiger partial charge < -0.3 is 9.47 Å². The van der Waals surface area contributed by atoms with Crippen molar-refractivity contribution in [1.82, 2.24) is 5.06 Å². The van der Waals surface area contributed by atoms with Crippen LogP contribution in [0.5, 0.6) is 0 Å². The number of methoxy groups -OCH3 is 2. The first-order valence-electron chi connectivity index (χ1n) is 8.71. The molecule has 0 amide bonds. The summed E-state index contributed by atoms with van der Waals surface area (Å²) in [5.41, 5.74) is 0.0774. The molecule has 2 aromatic carbocycles. The second-order valence-corrected chi connectivity index (χ2v) is 6.52. The van der Waals surface area contributed by atoms with Crippen LogP contribution in [-0.4, -0.2) is 38.3 Å². The van der Waals surface area contributed by atoms with Crippen LogP contribution < -0.4 is 0 Å². The van der Waals surface area contributed by atoms with Gasteiger partial charge in [-0.05, 0) is 11.1 Å². The van der Waals surface area contributed by atoms with E-state index < -0.39 is 29.5 Å². The zero-order valence-electron chi connectivity index (χ0n) is 15.6. The molecule has 0 saturated carbocycles. The van der Waals surface area contributed by atoms with E-state index in [-0.39, 0.29) is 6.42 Å². The quantitative estimate of drug-likeness (QED) is 0.610. The maximum Gasteiger partial charge on any atom is 0.325 e. The van der Waals surface area contributed by atoms with Crippen molar-refractivity contribution in [2.75, 3.05) is 21.3 Å². The zero-order valence-corrected chi connectivity index (χ0v) is 15.6. The molecule has 0 spiro atoms. The average molecular weight is 369 g/mol. The van der Waals surface area contributed by atoms with Crippen molar-refractivity contribution in [2.24, 2.45) is 5.41 Å². The number of hydrogen-bond acceptors (Lipinski definition) is 6. The lowest BCUT2D eigenvalue weighted by Crippen LogP contribution is -2.55. The van der Waals surface area contributed by atoms with Crippen LogP contribution in [0.3, 0.4) is 0 Å². The highest BCUT2D eigenvalue weighted by Crippen LogP contribution is 2.51. The fourth-order valence-corrected chi connectivity index (χ4v) is 3.83. The number of hydroxylamine groups is 2. The third-order valence-corrected chi connectivity index (χ3v) is 5.02. The van der Waals surface area contributed by atoms with E-state index >= 15 is 0 Å². The number of benzene rings is 2. The summed E-state index contributed by atoms with van der Waals surface area (Å²) in [5.74, 6) is -1.28. The first kappa shape index (κ1) is 19.1. The van der Waals surface area contributed by atoms with Gasteiger partial charge in [0.15, 0.2) is 5.41 Å². The molecule has 2 aromatic rings. The molecule has 27 heavy (non-hydrogen) atoms. The zero-order chi connectivity index (χ0) is 19.4. The van der Waals surface area contributed by atoms with Gasteiger partial charge in [0.25, 0.3) is 0 Å². The summed E-state index contributed by atoms with van der Waals surface area (Å²) in [7, 11) is 4.28. The number of rotatable bonds is 4. The van der Waals surface area contributed by atoms with Gasteiger partial charge in [-0.3, -0.25) is 14.4 Å². The predicted octanol–water partition coefficient (Wildman–Crippen LogP) is 3.07. The van der Waals surface area contributed by atoms with E-state index in [1.54, 1.807) is 12.1 Å². The lowest BCUT2D eigenvalue weighted by Gasteiger charge is -2.47. The van der Waals surface area contributed by atoms with E-state index in [0.29, 0.717) is 0 Å². The van der Waals surface area contributed by atoms with E-state index in [2.05, 4.69) is 0 Å². The number of ether oxygens (including phenoxy) is 2. The highest BCUT2D eigenvalue weighted by Gasteiger charge is 2.61. The van der Waals surface area contributed by atoms with Gasteiger partial charge in [-0.15, -0.1) is 0 Å². The summed E-state index contributed by atoms with van der Waals surface area (Å²) in [6.07, 6.45) is -0.380. The molecular formula is C21H23NO5. The molecule has 0 radical (unpaired) electrons. The Morgan fingerprint density at radius 2 is 1.41 bits per heavy atom. The van der Waals surface area contributed by atoms with Crippen LogP contribution >= 0.6 is 0 Å². The molecule has 1 fully saturated rings. The molecule has 2 atom stereocenters. The first-order valence-corrected chi connectivity index (χ1v) is 8.71. The maximum atomic E-state index is 13.0. The van der Waals surface area contributed by atoms with Gasteiger partial charge >= 0.3 is 11.9 Å². The second-order valence-electron chi connectivity index (χ2n) is 6.52. The minimum absolute atomic E-state index is 0.111. The van der Waals surface area contributed by atoms with Gasteiger partial charge in [0.1, 0.15) is 6.10 Å². The van der Waals surface area contributed by atoms with Crippen LogP contribution in [0.1, 0.15) is 29.7 Å². The van der Waals surface area contributed by atoms with Crippen molar-refractivity contribution >= 4 is 11.9 Å². The number of hydrogen-bond donors (Lipinski definition) is 0. The van der Waals surface area contributed by atoms with Crippen LogP contribution in [0, 0.1) is 5.41 Å². The summed E-state index contributed by atoms with van der Waals surface area (Å²) in [5, 5.41) is 1.56. The Hall–Kier alpha value is -2.70. The Morgan fingerprint density at radius 1 is 0.926 bits per heavy atom. The first-order chi connectivity index (χ1) is 13.0. The van der Waals surface area contributed by atoms with Crippen molar-refractivity contribution in [3.8, 4) is 0 Å². The lowest BCUT2D eigenvalue weighted by molar-refractivity contribution is -0.277. The Morgan fingerprint density at radius 3 is 1.89 bits per heavy atom. The van der Waals surface area contributed by atoms with Crippen LogP contribution in [0.15, 0.2) is 60.7 Å².